The van der Waals surface area contributed by atoms with Crippen molar-refractivity contribution in [2.45, 2.75) is 6.92 Å². The molecule has 2 heterocycles. The maximum atomic E-state index is 5.89. The molecule has 2 aromatic heterocycles. The lowest BCUT2D eigenvalue weighted by Gasteiger charge is -2.08. The highest BCUT2D eigenvalue weighted by Gasteiger charge is 2.09. The molecule has 1 aromatic carbocycles. The Kier molecular flexibility index (Phi) is 3.39. The molecular formula is C13H12ClN5O. The average molecular weight is 290 g/mol. The molecule has 0 fully saturated rings. The van der Waals surface area contributed by atoms with E-state index in [2.05, 4.69) is 25.3 Å². The number of halogens is 1. The number of H-pyrrole nitrogens is 1. The van der Waals surface area contributed by atoms with Gasteiger partial charge in [0.1, 0.15) is 11.3 Å². The van der Waals surface area contributed by atoms with Crippen LogP contribution in [0.5, 0.6) is 5.75 Å². The molecular weight excluding hydrogens is 278 g/mol. The summed E-state index contributed by atoms with van der Waals surface area (Å²) in [6.45, 7) is 2.56. The molecule has 0 atom stereocenters. The average Bonchev–Trinajstić information content (AvgIpc) is 2.87. The Hall–Kier alpha value is -2.34. The minimum absolute atomic E-state index is 0.146. The van der Waals surface area contributed by atoms with Crippen LogP contribution in [0.4, 0.5) is 11.5 Å². The summed E-state index contributed by atoms with van der Waals surface area (Å²) in [5, 5.41) is 3.33. The molecule has 102 valence electrons. The maximum Gasteiger partial charge on any atom is 0.226 e. The van der Waals surface area contributed by atoms with Crippen LogP contribution in [-0.4, -0.2) is 26.5 Å². The number of imidazole rings is 1. The number of hydrogen-bond acceptors (Lipinski definition) is 5. The number of nitrogens with zero attached hydrogens (tertiary/aromatic N) is 3. The summed E-state index contributed by atoms with van der Waals surface area (Å²) < 4.78 is 5.46. The van der Waals surface area contributed by atoms with Gasteiger partial charge in [-0.1, -0.05) is 6.07 Å². The molecule has 0 aliphatic heterocycles. The van der Waals surface area contributed by atoms with Gasteiger partial charge in [-0.3, -0.25) is 0 Å². The minimum atomic E-state index is 0.146. The van der Waals surface area contributed by atoms with E-state index in [0.29, 0.717) is 23.6 Å². The minimum Gasteiger partial charge on any atom is -0.494 e. The molecule has 7 heteroatoms. The zero-order valence-electron chi connectivity index (χ0n) is 10.7. The van der Waals surface area contributed by atoms with Crippen molar-refractivity contribution >= 4 is 34.3 Å². The van der Waals surface area contributed by atoms with Gasteiger partial charge in [0.25, 0.3) is 0 Å². The standard InChI is InChI=1S/C13H12ClN5O/c1-2-20-9-5-3-4-8(6-9)17-12-10-11(16-7-15-10)18-13(14)19-12/h3-7H,2H2,1H3,(H2,15,16,17,18,19). The lowest BCUT2D eigenvalue weighted by atomic mass is 10.3. The monoisotopic (exact) mass is 289 g/mol. The first-order chi connectivity index (χ1) is 9.76. The highest BCUT2D eigenvalue weighted by molar-refractivity contribution is 6.28. The Morgan fingerprint density at radius 2 is 2.25 bits per heavy atom. The van der Waals surface area contributed by atoms with E-state index in [4.69, 9.17) is 16.3 Å². The lowest BCUT2D eigenvalue weighted by Crippen LogP contribution is -1.98. The van der Waals surface area contributed by atoms with E-state index in [1.54, 1.807) is 6.33 Å². The highest BCUT2D eigenvalue weighted by atomic mass is 35.5. The van der Waals surface area contributed by atoms with Gasteiger partial charge in [0, 0.05) is 11.8 Å². The van der Waals surface area contributed by atoms with E-state index < -0.39 is 0 Å². The van der Waals surface area contributed by atoms with Crippen molar-refractivity contribution in [3.8, 4) is 5.75 Å². The molecule has 0 spiro atoms. The van der Waals surface area contributed by atoms with Crippen molar-refractivity contribution in [1.82, 2.24) is 19.9 Å². The van der Waals surface area contributed by atoms with Gasteiger partial charge >= 0.3 is 0 Å². The topological polar surface area (TPSA) is 75.7 Å². The van der Waals surface area contributed by atoms with E-state index in [9.17, 15) is 0 Å². The second-order valence-corrected chi connectivity index (χ2v) is 4.37. The van der Waals surface area contributed by atoms with E-state index in [0.717, 1.165) is 11.4 Å². The van der Waals surface area contributed by atoms with Gasteiger partial charge in [-0.05, 0) is 30.7 Å². The Morgan fingerprint density at radius 3 is 3.10 bits per heavy atom. The highest BCUT2D eigenvalue weighted by Crippen LogP contribution is 2.25. The van der Waals surface area contributed by atoms with Crippen molar-refractivity contribution < 1.29 is 4.74 Å². The van der Waals surface area contributed by atoms with Crippen LogP contribution in [0.3, 0.4) is 0 Å². The molecule has 3 rings (SSSR count). The summed E-state index contributed by atoms with van der Waals surface area (Å²) in [6, 6.07) is 7.61. The number of rotatable bonds is 4. The fourth-order valence-electron chi connectivity index (χ4n) is 1.86. The van der Waals surface area contributed by atoms with Gasteiger partial charge in [0.15, 0.2) is 11.5 Å². The van der Waals surface area contributed by atoms with Crippen molar-refractivity contribution in [3.63, 3.8) is 0 Å². The quantitative estimate of drug-likeness (QED) is 0.722. The number of anilines is 2. The number of benzene rings is 1. The van der Waals surface area contributed by atoms with Gasteiger partial charge in [-0.15, -0.1) is 0 Å². The molecule has 3 aromatic rings. The zero-order valence-corrected chi connectivity index (χ0v) is 11.5. The Labute approximate surface area is 120 Å². The third kappa shape index (κ3) is 2.50. The Morgan fingerprint density at radius 1 is 1.35 bits per heavy atom. The fourth-order valence-corrected chi connectivity index (χ4v) is 2.03. The molecule has 0 unspecified atom stereocenters. The molecule has 0 amide bonds. The van der Waals surface area contributed by atoms with Crippen LogP contribution < -0.4 is 10.1 Å². The third-order valence-electron chi connectivity index (χ3n) is 2.67. The smallest absolute Gasteiger partial charge is 0.226 e. The summed E-state index contributed by atoms with van der Waals surface area (Å²) in [4.78, 5) is 15.3. The molecule has 2 N–H and O–H groups in total. The van der Waals surface area contributed by atoms with Gasteiger partial charge < -0.3 is 15.0 Å². The largest absolute Gasteiger partial charge is 0.494 e. The number of hydrogen-bond donors (Lipinski definition) is 2. The fraction of sp³-hybridized carbons (Fsp3) is 0.154. The number of fused-ring (bicyclic) bond motifs is 1. The van der Waals surface area contributed by atoms with E-state index in [1.165, 1.54) is 0 Å². The third-order valence-corrected chi connectivity index (χ3v) is 2.84. The molecule has 0 saturated carbocycles. The normalized spacial score (nSPS) is 10.7. The molecule has 0 saturated heterocycles. The number of aromatic nitrogens is 4. The lowest BCUT2D eigenvalue weighted by molar-refractivity contribution is 0.340. The Bertz CT molecular complexity index is 742. The van der Waals surface area contributed by atoms with Gasteiger partial charge in [-0.25, -0.2) is 4.98 Å². The molecule has 6 nitrogen and oxygen atoms in total. The number of ether oxygens (including phenoxy) is 1. The second-order valence-electron chi connectivity index (χ2n) is 4.03. The second kappa shape index (κ2) is 5.34. The van der Waals surface area contributed by atoms with Crippen LogP contribution in [-0.2, 0) is 0 Å². The first-order valence-electron chi connectivity index (χ1n) is 6.13. The molecule has 0 radical (unpaired) electrons. The van der Waals surface area contributed by atoms with Gasteiger partial charge in [-0.2, -0.15) is 9.97 Å². The first kappa shape index (κ1) is 12.7. The molecule has 0 bridgehead atoms. The summed E-state index contributed by atoms with van der Waals surface area (Å²) in [5.41, 5.74) is 2.08. The summed E-state index contributed by atoms with van der Waals surface area (Å²) >= 11 is 5.89. The SMILES string of the molecule is CCOc1cccc(Nc2nc(Cl)nc3nc[nH]c23)c1. The van der Waals surface area contributed by atoms with E-state index in [-0.39, 0.29) is 5.28 Å². The Balaban J connectivity index is 1.96. The number of aromatic amines is 1. The van der Waals surface area contributed by atoms with Crippen molar-refractivity contribution in [1.29, 1.82) is 0 Å². The van der Waals surface area contributed by atoms with Crippen molar-refractivity contribution in [3.05, 3.63) is 35.9 Å². The summed E-state index contributed by atoms with van der Waals surface area (Å²) in [6.07, 6.45) is 1.55. The van der Waals surface area contributed by atoms with E-state index in [1.807, 2.05) is 31.2 Å². The molecule has 0 aliphatic carbocycles. The van der Waals surface area contributed by atoms with Crippen LogP contribution in [0.2, 0.25) is 5.28 Å². The molecule has 0 aliphatic rings. The van der Waals surface area contributed by atoms with Crippen LogP contribution in [0.15, 0.2) is 30.6 Å². The van der Waals surface area contributed by atoms with Crippen molar-refractivity contribution in [2.24, 2.45) is 0 Å². The number of nitrogens with one attached hydrogen (secondary N) is 2. The van der Waals surface area contributed by atoms with Gasteiger partial charge in [0.05, 0.1) is 12.9 Å². The predicted octanol–water partition coefficient (Wildman–Crippen LogP) is 3.15. The van der Waals surface area contributed by atoms with Crippen LogP contribution in [0.25, 0.3) is 11.2 Å². The molecule has 20 heavy (non-hydrogen) atoms. The van der Waals surface area contributed by atoms with Crippen LogP contribution >= 0.6 is 11.6 Å². The maximum absolute atomic E-state index is 5.89. The van der Waals surface area contributed by atoms with Gasteiger partial charge in [0.2, 0.25) is 5.28 Å². The van der Waals surface area contributed by atoms with Crippen LogP contribution in [0, 0.1) is 0 Å². The first-order valence-corrected chi connectivity index (χ1v) is 6.50. The summed E-state index contributed by atoms with van der Waals surface area (Å²) in [5.74, 6) is 1.37. The summed E-state index contributed by atoms with van der Waals surface area (Å²) in [7, 11) is 0. The van der Waals surface area contributed by atoms with Crippen LogP contribution in [0.1, 0.15) is 6.92 Å². The van der Waals surface area contributed by atoms with Crippen molar-refractivity contribution in [2.75, 3.05) is 11.9 Å². The zero-order chi connectivity index (χ0) is 13.9. The van der Waals surface area contributed by atoms with E-state index >= 15 is 0 Å². The predicted molar refractivity (Wildman–Crippen MR) is 77.6 cm³/mol.